The lowest BCUT2D eigenvalue weighted by Gasteiger charge is -2.08. The van der Waals surface area contributed by atoms with E-state index < -0.39 is 0 Å². The number of rotatable bonds is 7. The number of amides is 2. The Kier molecular flexibility index (Phi) is 7.24. The molecule has 0 radical (unpaired) electrons. The van der Waals surface area contributed by atoms with Crippen molar-refractivity contribution in [1.82, 2.24) is 0 Å². The van der Waals surface area contributed by atoms with Crippen molar-refractivity contribution < 1.29 is 14.3 Å². The van der Waals surface area contributed by atoms with Gasteiger partial charge in [-0.1, -0.05) is 54.1 Å². The number of benzene rings is 3. The van der Waals surface area contributed by atoms with Gasteiger partial charge in [0.2, 0.25) is 11.8 Å². The molecule has 0 spiro atoms. The number of nitrogens with one attached hydrogen (secondary N) is 2. The summed E-state index contributed by atoms with van der Waals surface area (Å²) in [6.07, 6.45) is 3.13. The molecular formula is C24H21ClN2O3. The average molecular weight is 421 g/mol. The minimum atomic E-state index is -0.311. The van der Waals surface area contributed by atoms with E-state index in [4.69, 9.17) is 16.3 Å². The normalized spacial score (nSPS) is 10.6. The first-order chi connectivity index (χ1) is 14.5. The molecule has 2 N–H and O–H groups in total. The standard InChI is InChI=1S/C24H21ClN2O3/c1-17(28)26-20-10-13-23(22(25)15-20)27-24(29)14-9-18-7-11-21(12-8-18)30-16-19-5-3-2-4-6-19/h2-15H,16H2,1H3,(H,26,28)(H,27,29)/b14-9+. The van der Waals surface area contributed by atoms with Crippen LogP contribution in [0.25, 0.3) is 6.08 Å². The zero-order chi connectivity index (χ0) is 21.3. The van der Waals surface area contributed by atoms with Crippen molar-refractivity contribution in [1.29, 1.82) is 0 Å². The average Bonchev–Trinajstić information content (AvgIpc) is 2.74. The van der Waals surface area contributed by atoms with E-state index in [1.165, 1.54) is 13.0 Å². The monoisotopic (exact) mass is 420 g/mol. The van der Waals surface area contributed by atoms with Crippen molar-refractivity contribution in [2.24, 2.45) is 0 Å². The number of carbonyl (C=O) groups is 2. The van der Waals surface area contributed by atoms with Crippen LogP contribution < -0.4 is 15.4 Å². The van der Waals surface area contributed by atoms with Crippen LogP contribution in [0.2, 0.25) is 5.02 Å². The smallest absolute Gasteiger partial charge is 0.248 e. The van der Waals surface area contributed by atoms with Gasteiger partial charge in [-0.2, -0.15) is 0 Å². The number of hydrogen-bond acceptors (Lipinski definition) is 3. The predicted molar refractivity (Wildman–Crippen MR) is 121 cm³/mol. The summed E-state index contributed by atoms with van der Waals surface area (Å²) >= 11 is 6.16. The van der Waals surface area contributed by atoms with Crippen LogP contribution in [0.1, 0.15) is 18.1 Å². The molecule has 0 aliphatic heterocycles. The Morgan fingerprint density at radius 3 is 2.37 bits per heavy atom. The van der Waals surface area contributed by atoms with E-state index in [-0.39, 0.29) is 11.8 Å². The fourth-order valence-electron chi connectivity index (χ4n) is 2.66. The Morgan fingerprint density at radius 1 is 0.967 bits per heavy atom. The summed E-state index contributed by atoms with van der Waals surface area (Å²) in [5.74, 6) is 0.252. The fraction of sp³-hybridized carbons (Fsp3) is 0.0833. The number of hydrogen-bond donors (Lipinski definition) is 2. The van der Waals surface area contributed by atoms with Crippen LogP contribution in [0.5, 0.6) is 5.75 Å². The van der Waals surface area contributed by atoms with Gasteiger partial charge in [-0.05, 0) is 47.5 Å². The van der Waals surface area contributed by atoms with Gasteiger partial charge in [0.15, 0.2) is 0 Å². The van der Waals surface area contributed by atoms with Gasteiger partial charge in [0.1, 0.15) is 12.4 Å². The van der Waals surface area contributed by atoms with Gasteiger partial charge in [-0.25, -0.2) is 0 Å². The fourth-order valence-corrected chi connectivity index (χ4v) is 2.89. The Morgan fingerprint density at radius 2 is 1.70 bits per heavy atom. The Labute approximate surface area is 180 Å². The van der Waals surface area contributed by atoms with Gasteiger partial charge in [-0.3, -0.25) is 9.59 Å². The minimum absolute atomic E-state index is 0.192. The third kappa shape index (κ3) is 6.50. The van der Waals surface area contributed by atoms with Crippen molar-refractivity contribution in [2.75, 3.05) is 10.6 Å². The van der Waals surface area contributed by atoms with Crippen LogP contribution >= 0.6 is 11.6 Å². The Balaban J connectivity index is 1.54. The van der Waals surface area contributed by atoms with Gasteiger partial charge in [0, 0.05) is 18.7 Å². The molecule has 0 atom stereocenters. The van der Waals surface area contributed by atoms with Gasteiger partial charge in [-0.15, -0.1) is 0 Å². The molecule has 0 unspecified atom stereocenters. The van der Waals surface area contributed by atoms with Crippen LogP contribution in [0.4, 0.5) is 11.4 Å². The largest absolute Gasteiger partial charge is 0.489 e. The summed E-state index contributed by atoms with van der Waals surface area (Å²) in [6, 6.07) is 22.3. The lowest BCUT2D eigenvalue weighted by molar-refractivity contribution is -0.114. The van der Waals surface area contributed by atoms with Crippen molar-refractivity contribution >= 4 is 40.9 Å². The van der Waals surface area contributed by atoms with E-state index in [0.29, 0.717) is 23.0 Å². The summed E-state index contributed by atoms with van der Waals surface area (Å²) in [7, 11) is 0. The van der Waals surface area contributed by atoms with Crippen LogP contribution in [0.15, 0.2) is 78.9 Å². The van der Waals surface area contributed by atoms with E-state index in [0.717, 1.165) is 16.9 Å². The summed E-state index contributed by atoms with van der Waals surface area (Å²) in [5.41, 5.74) is 2.99. The maximum atomic E-state index is 12.2. The first-order valence-electron chi connectivity index (χ1n) is 9.32. The van der Waals surface area contributed by atoms with E-state index in [9.17, 15) is 9.59 Å². The van der Waals surface area contributed by atoms with E-state index in [1.54, 1.807) is 24.3 Å². The van der Waals surface area contributed by atoms with Crippen molar-refractivity contribution in [3.05, 3.63) is 95.0 Å². The first kappa shape index (κ1) is 21.1. The Hall–Kier alpha value is -3.57. The molecule has 0 aliphatic carbocycles. The third-order valence-electron chi connectivity index (χ3n) is 4.10. The molecule has 0 bridgehead atoms. The van der Waals surface area contributed by atoms with E-state index in [2.05, 4.69) is 10.6 Å². The quantitative estimate of drug-likeness (QED) is 0.494. The first-order valence-corrected chi connectivity index (χ1v) is 9.70. The highest BCUT2D eigenvalue weighted by molar-refractivity contribution is 6.34. The Bertz CT molecular complexity index is 1050. The highest BCUT2D eigenvalue weighted by Gasteiger charge is 2.05. The number of carbonyl (C=O) groups excluding carboxylic acids is 2. The van der Waals surface area contributed by atoms with Crippen molar-refractivity contribution in [2.45, 2.75) is 13.5 Å². The summed E-state index contributed by atoms with van der Waals surface area (Å²) in [5, 5.41) is 5.69. The molecular weight excluding hydrogens is 400 g/mol. The van der Waals surface area contributed by atoms with Gasteiger partial charge in [0.25, 0.3) is 0 Å². The molecule has 3 aromatic carbocycles. The van der Waals surface area contributed by atoms with Gasteiger partial charge < -0.3 is 15.4 Å². The second-order valence-electron chi connectivity index (χ2n) is 6.54. The molecule has 0 heterocycles. The number of anilines is 2. The molecule has 2 amide bonds. The third-order valence-corrected chi connectivity index (χ3v) is 4.42. The predicted octanol–water partition coefficient (Wildman–Crippen LogP) is 5.53. The lowest BCUT2D eigenvalue weighted by atomic mass is 10.2. The molecule has 30 heavy (non-hydrogen) atoms. The SMILES string of the molecule is CC(=O)Nc1ccc(NC(=O)/C=C/c2ccc(OCc3ccccc3)cc2)c(Cl)c1. The second-order valence-corrected chi connectivity index (χ2v) is 6.95. The molecule has 5 nitrogen and oxygen atoms in total. The van der Waals surface area contributed by atoms with Crippen molar-refractivity contribution in [3.8, 4) is 5.75 Å². The summed E-state index contributed by atoms with van der Waals surface area (Å²) < 4.78 is 5.75. The molecule has 0 fully saturated rings. The molecule has 0 saturated heterocycles. The number of ether oxygens (including phenoxy) is 1. The highest BCUT2D eigenvalue weighted by atomic mass is 35.5. The van der Waals surface area contributed by atoms with Crippen LogP contribution in [0, 0.1) is 0 Å². The van der Waals surface area contributed by atoms with E-state index >= 15 is 0 Å². The maximum Gasteiger partial charge on any atom is 0.248 e. The minimum Gasteiger partial charge on any atom is -0.489 e. The molecule has 3 aromatic rings. The summed E-state index contributed by atoms with van der Waals surface area (Å²) in [6.45, 7) is 1.91. The second kappa shape index (κ2) is 10.3. The zero-order valence-corrected chi connectivity index (χ0v) is 17.1. The maximum absolute atomic E-state index is 12.2. The lowest BCUT2D eigenvalue weighted by Crippen LogP contribution is -2.09. The molecule has 0 aromatic heterocycles. The molecule has 152 valence electrons. The molecule has 0 saturated carbocycles. The van der Waals surface area contributed by atoms with Gasteiger partial charge >= 0.3 is 0 Å². The molecule has 0 aliphatic rings. The highest BCUT2D eigenvalue weighted by Crippen LogP contribution is 2.25. The van der Waals surface area contributed by atoms with Crippen LogP contribution in [-0.4, -0.2) is 11.8 Å². The summed E-state index contributed by atoms with van der Waals surface area (Å²) in [4.78, 5) is 23.3. The molecule has 6 heteroatoms. The van der Waals surface area contributed by atoms with Gasteiger partial charge in [0.05, 0.1) is 10.7 Å². The van der Waals surface area contributed by atoms with Crippen LogP contribution in [0.3, 0.4) is 0 Å². The zero-order valence-electron chi connectivity index (χ0n) is 16.4. The molecule has 3 rings (SSSR count). The van der Waals surface area contributed by atoms with E-state index in [1.807, 2.05) is 54.6 Å². The number of halogens is 1. The topological polar surface area (TPSA) is 67.4 Å². The van der Waals surface area contributed by atoms with Crippen LogP contribution in [-0.2, 0) is 16.2 Å². The van der Waals surface area contributed by atoms with Crippen molar-refractivity contribution in [3.63, 3.8) is 0 Å².